The van der Waals surface area contributed by atoms with Crippen LogP contribution in [0.3, 0.4) is 0 Å². The van der Waals surface area contributed by atoms with Gasteiger partial charge in [-0.05, 0) is 6.07 Å². The number of hydrogen-bond donors (Lipinski definition) is 4. The number of aromatic nitrogens is 4. The molecule has 0 unspecified atom stereocenters. The van der Waals surface area contributed by atoms with Gasteiger partial charge in [0, 0.05) is 50.9 Å². The van der Waals surface area contributed by atoms with Crippen LogP contribution in [0.2, 0.25) is 0 Å². The topological polar surface area (TPSA) is 124 Å². The minimum absolute atomic E-state index is 0.129. The number of piperazine rings is 1. The Labute approximate surface area is 178 Å². The highest BCUT2D eigenvalue weighted by atomic mass is 19.1. The molecule has 0 spiro atoms. The van der Waals surface area contributed by atoms with Crippen molar-refractivity contribution in [3.05, 3.63) is 53.7 Å². The van der Waals surface area contributed by atoms with Crippen molar-refractivity contribution in [1.82, 2.24) is 25.1 Å². The first-order valence-electron chi connectivity index (χ1n) is 9.70. The van der Waals surface area contributed by atoms with E-state index in [0.29, 0.717) is 36.0 Å². The zero-order valence-electron chi connectivity index (χ0n) is 16.9. The van der Waals surface area contributed by atoms with Crippen molar-refractivity contribution in [2.45, 2.75) is 6.54 Å². The van der Waals surface area contributed by atoms with Crippen LogP contribution in [0.15, 0.2) is 36.8 Å². The summed E-state index contributed by atoms with van der Waals surface area (Å²) in [6.07, 6.45) is 6.05. The molecule has 2 aromatic heterocycles. The molecule has 0 saturated carbocycles. The van der Waals surface area contributed by atoms with Gasteiger partial charge in [-0.25, -0.2) is 9.37 Å². The molecule has 1 fully saturated rings. The summed E-state index contributed by atoms with van der Waals surface area (Å²) in [5.74, 6) is 0.0915. The van der Waals surface area contributed by atoms with Crippen LogP contribution in [0.1, 0.15) is 11.1 Å². The third-order valence-corrected chi connectivity index (χ3v) is 4.82. The number of carbonyl (C=O) groups is 1. The second-order valence-corrected chi connectivity index (χ2v) is 7.00. The lowest BCUT2D eigenvalue weighted by molar-refractivity contribution is -0.118. The van der Waals surface area contributed by atoms with Gasteiger partial charge >= 0.3 is 0 Å². The van der Waals surface area contributed by atoms with Gasteiger partial charge in [0.1, 0.15) is 5.82 Å². The fraction of sp³-hybridized carbons (Fsp3) is 0.250. The normalized spacial score (nSPS) is 13.9. The largest absolute Gasteiger partial charge is 0.365 e. The molecule has 10 nitrogen and oxygen atoms in total. The van der Waals surface area contributed by atoms with Gasteiger partial charge in [-0.1, -0.05) is 12.1 Å². The monoisotopic (exact) mass is 423 g/mol. The summed E-state index contributed by atoms with van der Waals surface area (Å²) in [4.78, 5) is 22.2. The Morgan fingerprint density at radius 2 is 2.23 bits per heavy atom. The number of nitrogens with zero attached hydrogens (tertiary/aromatic N) is 5. The molecule has 0 radical (unpaired) electrons. The Kier molecular flexibility index (Phi) is 5.85. The summed E-state index contributed by atoms with van der Waals surface area (Å²) in [6, 6.07) is 4.97. The van der Waals surface area contributed by atoms with Crippen LogP contribution in [0, 0.1) is 11.2 Å². The van der Waals surface area contributed by atoms with Crippen LogP contribution in [-0.4, -0.2) is 51.5 Å². The number of carbonyl (C=O) groups excluding carboxylic acids is 1. The Hall–Kier alpha value is -3.86. The van der Waals surface area contributed by atoms with Gasteiger partial charge in [0.15, 0.2) is 5.82 Å². The summed E-state index contributed by atoms with van der Waals surface area (Å²) in [7, 11) is 1.80. The lowest BCUT2D eigenvalue weighted by Gasteiger charge is -2.28. The summed E-state index contributed by atoms with van der Waals surface area (Å²) >= 11 is 0. The fourth-order valence-electron chi connectivity index (χ4n) is 3.26. The quantitative estimate of drug-likeness (QED) is 0.426. The van der Waals surface area contributed by atoms with Gasteiger partial charge < -0.3 is 26.3 Å². The van der Waals surface area contributed by atoms with Crippen LogP contribution in [-0.2, 0) is 18.4 Å². The fourth-order valence-corrected chi connectivity index (χ4v) is 3.26. The molecule has 4 N–H and O–H groups in total. The predicted molar refractivity (Wildman–Crippen MR) is 115 cm³/mol. The van der Waals surface area contributed by atoms with E-state index in [1.54, 1.807) is 42.3 Å². The van der Waals surface area contributed by atoms with E-state index in [1.165, 1.54) is 11.1 Å². The third-order valence-electron chi connectivity index (χ3n) is 4.82. The van der Waals surface area contributed by atoms with Crippen molar-refractivity contribution in [1.29, 1.82) is 5.41 Å². The van der Waals surface area contributed by atoms with E-state index in [2.05, 4.69) is 31.0 Å². The van der Waals surface area contributed by atoms with E-state index in [9.17, 15) is 4.79 Å². The summed E-state index contributed by atoms with van der Waals surface area (Å²) in [5, 5.41) is 20.8. The predicted octanol–water partition coefficient (Wildman–Crippen LogP) is 1.64. The third kappa shape index (κ3) is 4.51. The molecule has 1 aliphatic rings. The number of benzene rings is 1. The second-order valence-electron chi connectivity index (χ2n) is 7.00. The maximum atomic E-state index is 15.1. The van der Waals surface area contributed by atoms with Crippen molar-refractivity contribution < 1.29 is 9.18 Å². The molecular weight excluding hydrogens is 401 g/mol. The molecule has 11 heteroatoms. The van der Waals surface area contributed by atoms with Gasteiger partial charge in [-0.15, -0.1) is 0 Å². The lowest BCUT2D eigenvalue weighted by Crippen LogP contribution is -2.48. The first-order valence-corrected chi connectivity index (χ1v) is 9.70. The second kappa shape index (κ2) is 8.88. The highest BCUT2D eigenvalue weighted by molar-refractivity contribution is 5.95. The van der Waals surface area contributed by atoms with E-state index in [-0.39, 0.29) is 24.7 Å². The van der Waals surface area contributed by atoms with Gasteiger partial charge in [0.2, 0.25) is 11.9 Å². The standard InChI is InChI=1S/C20H22FN9O/c1-29-12-15(10-26-29)27-20-25-9-14(7-22)19(28-20)24-8-13-3-2-4-16(18(13)21)30-6-5-23-11-17(30)31/h2-4,7,9-10,12,22-23H,5-6,8,11H2,1H3,(H2,24,25,27,28). The molecule has 0 bridgehead atoms. The van der Waals surface area contributed by atoms with Crippen LogP contribution >= 0.6 is 0 Å². The smallest absolute Gasteiger partial charge is 0.241 e. The highest BCUT2D eigenvalue weighted by Gasteiger charge is 2.23. The average molecular weight is 423 g/mol. The summed E-state index contributed by atoms with van der Waals surface area (Å²) in [6.45, 7) is 1.35. The molecule has 160 valence electrons. The average Bonchev–Trinajstić information content (AvgIpc) is 3.18. The molecule has 4 rings (SSSR count). The van der Waals surface area contributed by atoms with E-state index in [4.69, 9.17) is 5.41 Å². The zero-order valence-corrected chi connectivity index (χ0v) is 16.9. The summed E-state index contributed by atoms with van der Waals surface area (Å²) in [5.41, 5.74) is 1.83. The van der Waals surface area contributed by atoms with Gasteiger partial charge in [-0.3, -0.25) is 9.48 Å². The molecule has 0 atom stereocenters. The van der Waals surface area contributed by atoms with Crippen LogP contribution in [0.5, 0.6) is 0 Å². The molecule has 1 aromatic carbocycles. The van der Waals surface area contributed by atoms with Crippen molar-refractivity contribution in [3.8, 4) is 0 Å². The van der Waals surface area contributed by atoms with Crippen molar-refractivity contribution in [3.63, 3.8) is 0 Å². The number of aryl methyl sites for hydroxylation is 1. The molecule has 3 aromatic rings. The minimum Gasteiger partial charge on any atom is -0.365 e. The van der Waals surface area contributed by atoms with E-state index in [1.807, 2.05) is 0 Å². The minimum atomic E-state index is -0.454. The SMILES string of the molecule is Cn1cc(Nc2ncc(C=N)c(NCc3cccc(N4CCNCC4=O)c3F)n2)cn1. The van der Waals surface area contributed by atoms with Crippen molar-refractivity contribution in [2.75, 3.05) is 35.2 Å². The highest BCUT2D eigenvalue weighted by Crippen LogP contribution is 2.24. The van der Waals surface area contributed by atoms with Gasteiger partial charge in [-0.2, -0.15) is 10.1 Å². The number of halogens is 1. The molecule has 3 heterocycles. The Balaban J connectivity index is 1.53. The van der Waals surface area contributed by atoms with E-state index in [0.717, 1.165) is 11.9 Å². The maximum absolute atomic E-state index is 15.1. The first kappa shape index (κ1) is 20.4. The van der Waals surface area contributed by atoms with Crippen LogP contribution in [0.25, 0.3) is 0 Å². The summed E-state index contributed by atoms with van der Waals surface area (Å²) < 4.78 is 16.8. The zero-order chi connectivity index (χ0) is 21.8. The van der Waals surface area contributed by atoms with Crippen molar-refractivity contribution in [2.24, 2.45) is 7.05 Å². The van der Waals surface area contributed by atoms with Crippen LogP contribution in [0.4, 0.5) is 27.5 Å². The number of amides is 1. The first-order chi connectivity index (χ1) is 15.0. The van der Waals surface area contributed by atoms with Gasteiger partial charge in [0.25, 0.3) is 0 Å². The number of nitrogens with one attached hydrogen (secondary N) is 4. The number of rotatable bonds is 7. The molecule has 0 aliphatic carbocycles. The molecule has 1 amide bonds. The Morgan fingerprint density at radius 3 is 2.97 bits per heavy atom. The Bertz CT molecular complexity index is 1110. The molecule has 1 aliphatic heterocycles. The maximum Gasteiger partial charge on any atom is 0.241 e. The number of anilines is 4. The molecule has 1 saturated heterocycles. The number of hydrogen-bond acceptors (Lipinski definition) is 8. The molecular formula is C20H22FN9O. The van der Waals surface area contributed by atoms with Gasteiger partial charge in [0.05, 0.1) is 29.7 Å². The van der Waals surface area contributed by atoms with Crippen molar-refractivity contribution >= 4 is 35.3 Å². The van der Waals surface area contributed by atoms with Crippen LogP contribution < -0.4 is 20.9 Å². The Morgan fingerprint density at radius 1 is 1.35 bits per heavy atom. The lowest BCUT2D eigenvalue weighted by atomic mass is 10.1. The molecule has 31 heavy (non-hydrogen) atoms. The van der Waals surface area contributed by atoms with E-state index >= 15 is 4.39 Å². The van der Waals surface area contributed by atoms with E-state index < -0.39 is 5.82 Å².